The van der Waals surface area contributed by atoms with Gasteiger partial charge in [0.05, 0.1) is 23.4 Å². The van der Waals surface area contributed by atoms with Crippen LogP contribution in [0.15, 0.2) is 48.8 Å². The summed E-state index contributed by atoms with van der Waals surface area (Å²) in [6.45, 7) is 1.64. The zero-order valence-electron chi connectivity index (χ0n) is 13.9. The van der Waals surface area contributed by atoms with Crippen LogP contribution in [-0.2, 0) is 11.4 Å². The molecule has 0 radical (unpaired) electrons. The lowest BCUT2D eigenvalue weighted by Crippen LogP contribution is -2.09. The standard InChI is InChI=1S/C19H17ClN2O3/c1-12(23)22-17-7-6-16(20)15(19(17)24-2)11-25-18-5-3-4-13-10-21-9-8-14(13)18/h3-10H,11H2,1-2H3,(H,22,23). The average molecular weight is 357 g/mol. The molecule has 0 spiro atoms. The minimum absolute atomic E-state index is 0.186. The molecule has 2 aromatic carbocycles. The van der Waals surface area contributed by atoms with E-state index in [2.05, 4.69) is 10.3 Å². The number of anilines is 1. The third kappa shape index (κ3) is 3.67. The van der Waals surface area contributed by atoms with Crippen LogP contribution in [0.2, 0.25) is 5.02 Å². The van der Waals surface area contributed by atoms with Gasteiger partial charge in [-0.3, -0.25) is 9.78 Å². The van der Waals surface area contributed by atoms with E-state index in [0.29, 0.717) is 22.0 Å². The zero-order valence-corrected chi connectivity index (χ0v) is 14.6. The molecule has 0 saturated heterocycles. The molecule has 0 atom stereocenters. The Labute approximate surface area is 150 Å². The number of fused-ring (bicyclic) bond motifs is 1. The Kier molecular flexibility index (Phi) is 5.05. The van der Waals surface area contributed by atoms with Crippen molar-refractivity contribution in [2.24, 2.45) is 0 Å². The second kappa shape index (κ2) is 7.40. The summed E-state index contributed by atoms with van der Waals surface area (Å²) in [7, 11) is 1.53. The van der Waals surface area contributed by atoms with Crippen molar-refractivity contribution in [1.29, 1.82) is 0 Å². The van der Waals surface area contributed by atoms with Gasteiger partial charge < -0.3 is 14.8 Å². The molecule has 1 N–H and O–H groups in total. The molecule has 0 saturated carbocycles. The first-order valence-electron chi connectivity index (χ1n) is 7.68. The molecule has 1 heterocycles. The number of hydrogen-bond acceptors (Lipinski definition) is 4. The molecule has 0 aliphatic heterocycles. The third-order valence-corrected chi connectivity index (χ3v) is 4.09. The largest absolute Gasteiger partial charge is 0.494 e. The lowest BCUT2D eigenvalue weighted by Gasteiger charge is -2.16. The summed E-state index contributed by atoms with van der Waals surface area (Å²) in [5.74, 6) is 1.03. The number of nitrogens with one attached hydrogen (secondary N) is 1. The maximum Gasteiger partial charge on any atom is 0.221 e. The fraction of sp³-hybridized carbons (Fsp3) is 0.158. The van der Waals surface area contributed by atoms with Crippen molar-refractivity contribution in [2.45, 2.75) is 13.5 Å². The van der Waals surface area contributed by atoms with Crippen molar-refractivity contribution in [3.63, 3.8) is 0 Å². The van der Waals surface area contributed by atoms with Gasteiger partial charge in [0.2, 0.25) is 5.91 Å². The van der Waals surface area contributed by atoms with E-state index in [-0.39, 0.29) is 12.5 Å². The van der Waals surface area contributed by atoms with Gasteiger partial charge in [0, 0.05) is 30.1 Å². The van der Waals surface area contributed by atoms with E-state index in [9.17, 15) is 4.79 Å². The van der Waals surface area contributed by atoms with Gasteiger partial charge in [0.15, 0.2) is 0 Å². The van der Waals surface area contributed by atoms with Gasteiger partial charge in [0.25, 0.3) is 0 Å². The highest BCUT2D eigenvalue weighted by atomic mass is 35.5. The maximum atomic E-state index is 11.4. The molecule has 1 aromatic heterocycles. The average Bonchev–Trinajstić information content (AvgIpc) is 2.61. The summed E-state index contributed by atoms with van der Waals surface area (Å²) in [5, 5.41) is 5.19. The number of ether oxygens (including phenoxy) is 2. The molecule has 0 unspecified atom stereocenters. The first kappa shape index (κ1) is 17.0. The number of methoxy groups -OCH3 is 1. The number of halogens is 1. The summed E-state index contributed by atoms with van der Waals surface area (Å²) < 4.78 is 11.4. The number of benzene rings is 2. The van der Waals surface area contributed by atoms with Gasteiger partial charge >= 0.3 is 0 Å². The molecule has 3 rings (SSSR count). The molecule has 0 fully saturated rings. The Morgan fingerprint density at radius 3 is 2.84 bits per heavy atom. The molecule has 1 amide bonds. The van der Waals surface area contributed by atoms with E-state index >= 15 is 0 Å². The molecule has 25 heavy (non-hydrogen) atoms. The second-order valence-electron chi connectivity index (χ2n) is 5.43. The Morgan fingerprint density at radius 1 is 1.24 bits per heavy atom. The van der Waals surface area contributed by atoms with Gasteiger partial charge in [-0.1, -0.05) is 23.7 Å². The molecule has 0 aliphatic rings. The topological polar surface area (TPSA) is 60.5 Å². The predicted molar refractivity (Wildman–Crippen MR) is 98.4 cm³/mol. The number of pyridine rings is 1. The fourth-order valence-corrected chi connectivity index (χ4v) is 2.83. The summed E-state index contributed by atoms with van der Waals surface area (Å²) in [6, 6.07) is 11.1. The molecule has 3 aromatic rings. The van der Waals surface area contributed by atoms with E-state index in [0.717, 1.165) is 16.5 Å². The Bertz CT molecular complexity index is 922. The predicted octanol–water partition coefficient (Wildman–Crippen LogP) is 4.43. The maximum absolute atomic E-state index is 11.4. The van der Waals surface area contributed by atoms with Crippen LogP contribution in [0.25, 0.3) is 10.8 Å². The number of nitrogens with zero attached hydrogens (tertiary/aromatic N) is 1. The van der Waals surface area contributed by atoms with Crippen LogP contribution in [-0.4, -0.2) is 18.0 Å². The third-order valence-electron chi connectivity index (χ3n) is 3.73. The monoisotopic (exact) mass is 356 g/mol. The summed E-state index contributed by atoms with van der Waals surface area (Å²) in [6.07, 6.45) is 3.51. The highest BCUT2D eigenvalue weighted by Crippen LogP contribution is 2.36. The number of aromatic nitrogens is 1. The van der Waals surface area contributed by atoms with Gasteiger partial charge in [-0.25, -0.2) is 0 Å². The van der Waals surface area contributed by atoms with Gasteiger partial charge in [-0.2, -0.15) is 0 Å². The zero-order chi connectivity index (χ0) is 17.8. The Balaban J connectivity index is 1.93. The SMILES string of the molecule is COc1c(NC(C)=O)ccc(Cl)c1COc1cccc2cnccc12. The van der Waals surface area contributed by atoms with E-state index < -0.39 is 0 Å². The summed E-state index contributed by atoms with van der Waals surface area (Å²) in [4.78, 5) is 15.5. The first-order chi connectivity index (χ1) is 12.1. The quantitative estimate of drug-likeness (QED) is 0.734. The highest BCUT2D eigenvalue weighted by molar-refractivity contribution is 6.31. The molecule has 5 nitrogen and oxygen atoms in total. The van der Waals surface area contributed by atoms with Crippen molar-refractivity contribution in [3.05, 3.63) is 59.4 Å². The second-order valence-corrected chi connectivity index (χ2v) is 5.84. The molecular formula is C19H17ClN2O3. The molecule has 0 bridgehead atoms. The normalized spacial score (nSPS) is 10.5. The van der Waals surface area contributed by atoms with Crippen molar-refractivity contribution in [2.75, 3.05) is 12.4 Å². The van der Waals surface area contributed by atoms with Crippen LogP contribution >= 0.6 is 11.6 Å². The van der Waals surface area contributed by atoms with Gasteiger partial charge in [-0.15, -0.1) is 0 Å². The molecule has 0 aliphatic carbocycles. The van der Waals surface area contributed by atoms with Crippen LogP contribution in [0.4, 0.5) is 5.69 Å². The van der Waals surface area contributed by atoms with Crippen LogP contribution in [0.3, 0.4) is 0 Å². The summed E-state index contributed by atoms with van der Waals surface area (Å²) >= 11 is 6.32. The van der Waals surface area contributed by atoms with Crippen molar-refractivity contribution in [1.82, 2.24) is 4.98 Å². The minimum Gasteiger partial charge on any atom is -0.494 e. The van der Waals surface area contributed by atoms with Crippen molar-refractivity contribution in [3.8, 4) is 11.5 Å². The van der Waals surface area contributed by atoms with Crippen molar-refractivity contribution >= 4 is 34.0 Å². The minimum atomic E-state index is -0.186. The van der Waals surface area contributed by atoms with Crippen LogP contribution in [0, 0.1) is 0 Å². The molecular weight excluding hydrogens is 340 g/mol. The highest BCUT2D eigenvalue weighted by Gasteiger charge is 2.15. The lowest BCUT2D eigenvalue weighted by atomic mass is 10.1. The molecule has 6 heteroatoms. The van der Waals surface area contributed by atoms with Crippen molar-refractivity contribution < 1.29 is 14.3 Å². The number of carbonyl (C=O) groups is 1. The number of rotatable bonds is 5. The smallest absolute Gasteiger partial charge is 0.221 e. The lowest BCUT2D eigenvalue weighted by molar-refractivity contribution is -0.114. The Morgan fingerprint density at radius 2 is 2.08 bits per heavy atom. The molecule has 128 valence electrons. The number of carbonyl (C=O) groups excluding carboxylic acids is 1. The van der Waals surface area contributed by atoms with Gasteiger partial charge in [-0.05, 0) is 24.3 Å². The van der Waals surface area contributed by atoms with E-state index in [1.54, 1.807) is 24.5 Å². The Hall–Kier alpha value is -2.79. The summed E-state index contributed by atoms with van der Waals surface area (Å²) in [5.41, 5.74) is 1.22. The number of amides is 1. The van der Waals surface area contributed by atoms with E-state index in [1.807, 2.05) is 24.3 Å². The van der Waals surface area contributed by atoms with Crippen LogP contribution < -0.4 is 14.8 Å². The van der Waals surface area contributed by atoms with E-state index in [1.165, 1.54) is 14.0 Å². The van der Waals surface area contributed by atoms with Gasteiger partial charge in [0.1, 0.15) is 18.1 Å². The van der Waals surface area contributed by atoms with E-state index in [4.69, 9.17) is 21.1 Å². The van der Waals surface area contributed by atoms with Crippen LogP contribution in [0.5, 0.6) is 11.5 Å². The fourth-order valence-electron chi connectivity index (χ4n) is 2.63. The van der Waals surface area contributed by atoms with Crippen LogP contribution in [0.1, 0.15) is 12.5 Å². The first-order valence-corrected chi connectivity index (χ1v) is 8.06. The number of hydrogen-bond donors (Lipinski definition) is 1.